The molecule has 33 heavy (non-hydrogen) atoms. The molecule has 11 heteroatoms. The lowest BCUT2D eigenvalue weighted by Crippen LogP contribution is -2.12. The maximum absolute atomic E-state index is 13.5. The molecular formula is C22H14F3N3O3S2. The number of nitrogens with two attached hydrogens (primary N) is 1. The Hall–Kier alpha value is -3.54. The zero-order chi connectivity index (χ0) is 23.8. The molecule has 4 rings (SSSR count). The molecule has 0 atom stereocenters. The van der Waals surface area contributed by atoms with E-state index in [4.69, 9.17) is 5.14 Å². The minimum absolute atomic E-state index is 0.0236. The first-order chi connectivity index (χ1) is 15.6. The fourth-order valence-corrected chi connectivity index (χ4v) is 4.53. The maximum Gasteiger partial charge on any atom is 0.284 e. The number of sulfonamides is 1. The van der Waals surface area contributed by atoms with E-state index in [9.17, 15) is 26.4 Å². The molecule has 0 aliphatic heterocycles. The number of amides is 1. The quantitative estimate of drug-likeness (QED) is 0.421. The Morgan fingerprint density at radius 3 is 2.00 bits per heavy atom. The van der Waals surface area contributed by atoms with Crippen molar-refractivity contribution in [1.82, 2.24) is 4.98 Å². The number of carbonyl (C=O) groups is 1. The van der Waals surface area contributed by atoms with Gasteiger partial charge >= 0.3 is 0 Å². The van der Waals surface area contributed by atoms with Crippen molar-refractivity contribution < 1.29 is 26.4 Å². The molecule has 4 aromatic rings. The molecule has 0 unspecified atom stereocenters. The van der Waals surface area contributed by atoms with Crippen LogP contribution in [-0.2, 0) is 10.0 Å². The highest BCUT2D eigenvalue weighted by atomic mass is 32.2. The van der Waals surface area contributed by atoms with Crippen LogP contribution >= 0.6 is 11.3 Å². The summed E-state index contributed by atoms with van der Waals surface area (Å²) in [6, 6.07) is 13.7. The van der Waals surface area contributed by atoms with E-state index in [0.717, 1.165) is 23.5 Å². The van der Waals surface area contributed by atoms with E-state index in [2.05, 4.69) is 10.3 Å². The van der Waals surface area contributed by atoms with Gasteiger partial charge in [0, 0.05) is 17.3 Å². The number of benzene rings is 3. The summed E-state index contributed by atoms with van der Waals surface area (Å²) in [5.41, 5.74) is 1.30. The molecule has 0 spiro atoms. The van der Waals surface area contributed by atoms with E-state index in [1.165, 1.54) is 48.5 Å². The molecule has 1 heterocycles. The van der Waals surface area contributed by atoms with Crippen LogP contribution in [-0.4, -0.2) is 19.3 Å². The van der Waals surface area contributed by atoms with E-state index in [1.54, 1.807) is 0 Å². The second-order valence-electron chi connectivity index (χ2n) is 6.89. The first-order valence-corrected chi connectivity index (χ1v) is 11.6. The number of anilines is 1. The lowest BCUT2D eigenvalue weighted by molar-refractivity contribution is 0.102. The number of nitrogens with zero attached hydrogens (tertiary/aromatic N) is 1. The van der Waals surface area contributed by atoms with Crippen molar-refractivity contribution in [2.24, 2.45) is 5.14 Å². The summed E-state index contributed by atoms with van der Waals surface area (Å²) in [6.45, 7) is 0. The molecule has 3 aromatic carbocycles. The minimum Gasteiger partial charge on any atom is -0.320 e. The fourth-order valence-electron chi connectivity index (χ4n) is 3.02. The van der Waals surface area contributed by atoms with Crippen LogP contribution in [0.3, 0.4) is 0 Å². The smallest absolute Gasteiger partial charge is 0.284 e. The normalized spacial score (nSPS) is 11.4. The molecule has 0 aliphatic carbocycles. The number of hydrogen-bond donors (Lipinski definition) is 2. The van der Waals surface area contributed by atoms with E-state index >= 15 is 0 Å². The highest BCUT2D eigenvalue weighted by molar-refractivity contribution is 7.89. The van der Waals surface area contributed by atoms with Crippen molar-refractivity contribution in [2.75, 3.05) is 5.32 Å². The van der Waals surface area contributed by atoms with Gasteiger partial charge in [0.2, 0.25) is 10.0 Å². The van der Waals surface area contributed by atoms with Gasteiger partial charge in [0.25, 0.3) is 5.91 Å². The standard InChI is InChI=1S/C22H14F3N3O3S2/c23-14-5-1-12(2-6-14)19-20(13-3-7-18(8-4-13)33(26,30)31)32-22(28-19)21(29)27-17-10-15(24)9-16(25)11-17/h1-11H,(H,27,29)(H2,26,30,31). The molecule has 1 amide bonds. The van der Waals surface area contributed by atoms with Crippen molar-refractivity contribution in [3.05, 3.63) is 89.2 Å². The van der Waals surface area contributed by atoms with Crippen LogP contribution in [0.1, 0.15) is 9.80 Å². The number of aromatic nitrogens is 1. The summed E-state index contributed by atoms with van der Waals surface area (Å²) in [6.07, 6.45) is 0. The first-order valence-electron chi connectivity index (χ1n) is 9.27. The second kappa shape index (κ2) is 8.77. The molecule has 0 fully saturated rings. The Bertz CT molecular complexity index is 1430. The Balaban J connectivity index is 1.76. The molecule has 1 aromatic heterocycles. The molecule has 3 N–H and O–H groups in total. The molecular weight excluding hydrogens is 475 g/mol. The number of thiazole rings is 1. The minimum atomic E-state index is -3.90. The van der Waals surface area contributed by atoms with Gasteiger partial charge in [0.05, 0.1) is 15.5 Å². The van der Waals surface area contributed by atoms with Gasteiger partial charge in [-0.2, -0.15) is 0 Å². The van der Waals surface area contributed by atoms with Crippen LogP contribution in [0.4, 0.5) is 18.9 Å². The van der Waals surface area contributed by atoms with Gasteiger partial charge in [-0.15, -0.1) is 11.3 Å². The van der Waals surface area contributed by atoms with Crippen LogP contribution in [0.25, 0.3) is 21.7 Å². The highest BCUT2D eigenvalue weighted by Gasteiger charge is 2.20. The molecule has 6 nitrogen and oxygen atoms in total. The predicted molar refractivity (Wildman–Crippen MR) is 119 cm³/mol. The average Bonchev–Trinajstić information content (AvgIpc) is 3.19. The molecule has 0 aliphatic rings. The van der Waals surface area contributed by atoms with Crippen LogP contribution in [0, 0.1) is 17.5 Å². The zero-order valence-corrected chi connectivity index (χ0v) is 18.2. The van der Waals surface area contributed by atoms with E-state index < -0.39 is 33.4 Å². The van der Waals surface area contributed by atoms with Gasteiger partial charge in [0.1, 0.15) is 17.5 Å². The van der Waals surface area contributed by atoms with Gasteiger partial charge in [0.15, 0.2) is 5.01 Å². The monoisotopic (exact) mass is 489 g/mol. The van der Waals surface area contributed by atoms with Gasteiger partial charge in [-0.05, 0) is 54.1 Å². The van der Waals surface area contributed by atoms with Crippen LogP contribution in [0.5, 0.6) is 0 Å². The number of nitrogens with one attached hydrogen (secondary N) is 1. The maximum atomic E-state index is 13.5. The summed E-state index contributed by atoms with van der Waals surface area (Å²) in [4.78, 5) is 17.5. The van der Waals surface area contributed by atoms with Crippen molar-refractivity contribution >= 4 is 33.0 Å². The van der Waals surface area contributed by atoms with Gasteiger partial charge in [-0.25, -0.2) is 31.7 Å². The molecule has 0 saturated carbocycles. The summed E-state index contributed by atoms with van der Waals surface area (Å²) in [5, 5.41) is 7.51. The molecule has 0 radical (unpaired) electrons. The van der Waals surface area contributed by atoms with Gasteiger partial charge in [-0.3, -0.25) is 4.79 Å². The number of halogens is 3. The van der Waals surface area contributed by atoms with Crippen molar-refractivity contribution in [2.45, 2.75) is 4.90 Å². The lowest BCUT2D eigenvalue weighted by atomic mass is 10.1. The number of hydrogen-bond acceptors (Lipinski definition) is 5. The van der Waals surface area contributed by atoms with Crippen LogP contribution in [0.15, 0.2) is 71.6 Å². The predicted octanol–water partition coefficient (Wildman–Crippen LogP) is 4.79. The summed E-state index contributed by atoms with van der Waals surface area (Å²) < 4.78 is 63.4. The number of rotatable bonds is 5. The third-order valence-corrected chi connectivity index (χ3v) is 6.54. The van der Waals surface area contributed by atoms with Gasteiger partial charge < -0.3 is 5.32 Å². The Morgan fingerprint density at radius 1 is 0.848 bits per heavy atom. The fraction of sp³-hybridized carbons (Fsp3) is 0. The molecule has 0 bridgehead atoms. The highest BCUT2D eigenvalue weighted by Crippen LogP contribution is 2.37. The lowest BCUT2D eigenvalue weighted by Gasteiger charge is -2.04. The zero-order valence-electron chi connectivity index (χ0n) is 16.6. The van der Waals surface area contributed by atoms with Crippen molar-refractivity contribution in [3.63, 3.8) is 0 Å². The Morgan fingerprint density at radius 2 is 1.42 bits per heavy atom. The number of carbonyl (C=O) groups excluding carboxylic acids is 1. The Labute approximate surface area is 190 Å². The topological polar surface area (TPSA) is 102 Å². The largest absolute Gasteiger partial charge is 0.320 e. The third kappa shape index (κ3) is 5.11. The second-order valence-corrected chi connectivity index (χ2v) is 9.45. The summed E-state index contributed by atoms with van der Waals surface area (Å²) in [7, 11) is -3.90. The average molecular weight is 490 g/mol. The van der Waals surface area contributed by atoms with Gasteiger partial charge in [-0.1, -0.05) is 12.1 Å². The van der Waals surface area contributed by atoms with E-state index in [1.807, 2.05) is 0 Å². The third-order valence-electron chi connectivity index (χ3n) is 4.50. The van der Waals surface area contributed by atoms with Crippen LogP contribution in [0.2, 0.25) is 0 Å². The summed E-state index contributed by atoms with van der Waals surface area (Å²) >= 11 is 0.976. The SMILES string of the molecule is NS(=O)(=O)c1ccc(-c2sc(C(=O)Nc3cc(F)cc(F)c3)nc2-c2ccc(F)cc2)cc1. The first kappa shape index (κ1) is 22.6. The van der Waals surface area contributed by atoms with E-state index in [0.29, 0.717) is 27.8 Å². The summed E-state index contributed by atoms with van der Waals surface area (Å²) in [5.74, 6) is -2.88. The van der Waals surface area contributed by atoms with Crippen molar-refractivity contribution in [3.8, 4) is 21.7 Å². The molecule has 0 saturated heterocycles. The number of primary sulfonamides is 1. The van der Waals surface area contributed by atoms with Crippen LogP contribution < -0.4 is 10.5 Å². The van der Waals surface area contributed by atoms with E-state index in [-0.39, 0.29) is 15.6 Å². The Kier molecular flexibility index (Phi) is 6.02. The van der Waals surface area contributed by atoms with Crippen molar-refractivity contribution in [1.29, 1.82) is 0 Å². The molecule has 168 valence electrons.